The molecule has 2 heterocycles. The van der Waals surface area contributed by atoms with Gasteiger partial charge in [-0.05, 0) is 37.1 Å². The third kappa shape index (κ3) is 3.43. The van der Waals surface area contributed by atoms with Gasteiger partial charge < -0.3 is 10.1 Å². The molecule has 1 aromatic heterocycles. The van der Waals surface area contributed by atoms with Crippen molar-refractivity contribution < 1.29 is 9.53 Å². The Balaban J connectivity index is 1.60. The van der Waals surface area contributed by atoms with E-state index >= 15 is 0 Å². The van der Waals surface area contributed by atoms with Crippen molar-refractivity contribution in [1.82, 2.24) is 9.55 Å². The summed E-state index contributed by atoms with van der Waals surface area (Å²) in [5.74, 6) is 1.37. The van der Waals surface area contributed by atoms with Crippen molar-refractivity contribution in [2.24, 2.45) is 0 Å². The molecule has 0 saturated carbocycles. The molecule has 138 valence electrons. The van der Waals surface area contributed by atoms with Crippen LogP contribution in [0.25, 0.3) is 10.9 Å². The van der Waals surface area contributed by atoms with Crippen LogP contribution >= 0.6 is 0 Å². The second kappa shape index (κ2) is 7.23. The number of aryl methyl sites for hydroxylation is 1. The lowest BCUT2D eigenvalue weighted by Crippen LogP contribution is -2.28. The van der Waals surface area contributed by atoms with Gasteiger partial charge in [0.15, 0.2) is 0 Å². The van der Waals surface area contributed by atoms with Crippen molar-refractivity contribution in [3.8, 4) is 5.75 Å². The summed E-state index contributed by atoms with van der Waals surface area (Å²) in [6.45, 7) is 0.710. The van der Waals surface area contributed by atoms with E-state index < -0.39 is 0 Å². The first-order valence-corrected chi connectivity index (χ1v) is 9.11. The molecule has 4 rings (SSSR count). The average Bonchev–Trinajstić information content (AvgIpc) is 2.69. The fraction of sp³-hybridized carbons (Fsp3) is 0.286. The number of carbonyl (C=O) groups excluding carboxylic acids is 1. The second-order valence-electron chi connectivity index (χ2n) is 6.71. The zero-order valence-electron chi connectivity index (χ0n) is 15.2. The molecule has 0 atom stereocenters. The number of carbonyl (C=O) groups is 1. The van der Waals surface area contributed by atoms with E-state index in [4.69, 9.17) is 4.74 Å². The first-order chi connectivity index (χ1) is 13.2. The summed E-state index contributed by atoms with van der Waals surface area (Å²) < 4.78 is 7.05. The van der Waals surface area contributed by atoms with Crippen LogP contribution < -0.4 is 15.6 Å². The molecule has 6 heteroatoms. The van der Waals surface area contributed by atoms with E-state index in [0.29, 0.717) is 28.9 Å². The molecule has 0 unspecified atom stereocenters. The summed E-state index contributed by atoms with van der Waals surface area (Å²) >= 11 is 0. The van der Waals surface area contributed by atoms with Gasteiger partial charge in [0.1, 0.15) is 11.6 Å². The van der Waals surface area contributed by atoms with Gasteiger partial charge in [0.05, 0.1) is 24.4 Å². The summed E-state index contributed by atoms with van der Waals surface area (Å²) in [7, 11) is 1.58. The van der Waals surface area contributed by atoms with Gasteiger partial charge in [-0.1, -0.05) is 18.2 Å². The van der Waals surface area contributed by atoms with E-state index in [9.17, 15) is 9.59 Å². The zero-order valence-corrected chi connectivity index (χ0v) is 15.2. The quantitative estimate of drug-likeness (QED) is 0.773. The minimum Gasteiger partial charge on any atom is -0.496 e. The molecule has 27 heavy (non-hydrogen) atoms. The number of ether oxygens (including phenoxy) is 1. The summed E-state index contributed by atoms with van der Waals surface area (Å²) in [6.07, 6.45) is 3.09. The zero-order chi connectivity index (χ0) is 18.8. The van der Waals surface area contributed by atoms with Crippen molar-refractivity contribution >= 4 is 22.5 Å². The Morgan fingerprint density at radius 3 is 2.93 bits per heavy atom. The van der Waals surface area contributed by atoms with Gasteiger partial charge in [0.25, 0.3) is 5.56 Å². The SMILES string of the molecule is COc1ccccc1CC(=O)Nc1ccc2nc3n(c(=O)c2c1)CCCC3. The van der Waals surface area contributed by atoms with Crippen LogP contribution in [0.3, 0.4) is 0 Å². The minimum atomic E-state index is -0.162. The first kappa shape index (κ1) is 17.3. The molecule has 1 N–H and O–H groups in total. The summed E-state index contributed by atoms with van der Waals surface area (Å²) in [5, 5.41) is 3.41. The van der Waals surface area contributed by atoms with Crippen molar-refractivity contribution in [3.63, 3.8) is 0 Å². The predicted molar refractivity (Wildman–Crippen MR) is 104 cm³/mol. The van der Waals surface area contributed by atoms with Gasteiger partial charge in [-0.3, -0.25) is 14.2 Å². The highest BCUT2D eigenvalue weighted by atomic mass is 16.5. The summed E-state index contributed by atoms with van der Waals surface area (Å²) in [4.78, 5) is 29.8. The van der Waals surface area contributed by atoms with Crippen molar-refractivity contribution in [2.45, 2.75) is 32.2 Å². The molecule has 0 spiro atoms. The number of nitrogens with zero attached hydrogens (tertiary/aromatic N) is 2. The predicted octanol–water partition coefficient (Wildman–Crippen LogP) is 2.92. The van der Waals surface area contributed by atoms with Crippen LogP contribution in [-0.4, -0.2) is 22.6 Å². The maximum Gasteiger partial charge on any atom is 0.261 e. The Kier molecular flexibility index (Phi) is 4.62. The number of rotatable bonds is 4. The van der Waals surface area contributed by atoms with Crippen LogP contribution in [0.4, 0.5) is 5.69 Å². The molecule has 0 fully saturated rings. The molecule has 0 radical (unpaired) electrons. The lowest BCUT2D eigenvalue weighted by atomic mass is 10.1. The normalized spacial score (nSPS) is 13.2. The lowest BCUT2D eigenvalue weighted by molar-refractivity contribution is -0.115. The van der Waals surface area contributed by atoms with Gasteiger partial charge in [-0.2, -0.15) is 0 Å². The van der Waals surface area contributed by atoms with Gasteiger partial charge in [-0.15, -0.1) is 0 Å². The monoisotopic (exact) mass is 363 g/mol. The van der Waals surface area contributed by atoms with Crippen LogP contribution in [0.15, 0.2) is 47.3 Å². The number of para-hydroxylation sites is 1. The highest BCUT2D eigenvalue weighted by molar-refractivity contribution is 5.94. The molecule has 3 aromatic rings. The number of amides is 1. The number of hydrogen-bond donors (Lipinski definition) is 1. The number of fused-ring (bicyclic) bond motifs is 2. The van der Waals surface area contributed by atoms with Crippen molar-refractivity contribution in [3.05, 3.63) is 64.2 Å². The van der Waals surface area contributed by atoms with E-state index in [1.54, 1.807) is 29.9 Å². The van der Waals surface area contributed by atoms with E-state index in [1.807, 2.05) is 24.3 Å². The van der Waals surface area contributed by atoms with Gasteiger partial charge in [0, 0.05) is 24.2 Å². The third-order valence-electron chi connectivity index (χ3n) is 4.89. The molecular formula is C21H21N3O3. The van der Waals surface area contributed by atoms with Crippen LogP contribution in [0, 0.1) is 0 Å². The largest absolute Gasteiger partial charge is 0.496 e. The molecule has 1 amide bonds. The van der Waals surface area contributed by atoms with Gasteiger partial charge in [0.2, 0.25) is 5.91 Å². The topological polar surface area (TPSA) is 73.2 Å². The highest BCUT2D eigenvalue weighted by Gasteiger charge is 2.15. The Hall–Kier alpha value is -3.15. The Bertz CT molecular complexity index is 1070. The fourth-order valence-corrected chi connectivity index (χ4v) is 3.55. The number of aromatic nitrogens is 2. The number of methoxy groups -OCH3 is 1. The smallest absolute Gasteiger partial charge is 0.261 e. The van der Waals surface area contributed by atoms with Crippen LogP contribution in [-0.2, 0) is 24.2 Å². The Morgan fingerprint density at radius 1 is 1.22 bits per heavy atom. The van der Waals surface area contributed by atoms with E-state index in [1.165, 1.54) is 0 Å². The first-order valence-electron chi connectivity index (χ1n) is 9.11. The second-order valence-corrected chi connectivity index (χ2v) is 6.71. The number of anilines is 1. The summed E-state index contributed by atoms with van der Waals surface area (Å²) in [5.41, 5.74) is 2.05. The van der Waals surface area contributed by atoms with Crippen LogP contribution in [0.1, 0.15) is 24.2 Å². The third-order valence-corrected chi connectivity index (χ3v) is 4.89. The van der Waals surface area contributed by atoms with Crippen molar-refractivity contribution in [1.29, 1.82) is 0 Å². The molecule has 0 saturated heterocycles. The van der Waals surface area contributed by atoms with E-state index in [-0.39, 0.29) is 17.9 Å². The van der Waals surface area contributed by atoms with Gasteiger partial charge >= 0.3 is 0 Å². The summed E-state index contributed by atoms with van der Waals surface area (Å²) in [6, 6.07) is 12.7. The fourth-order valence-electron chi connectivity index (χ4n) is 3.55. The molecule has 1 aliphatic heterocycles. The average molecular weight is 363 g/mol. The van der Waals surface area contributed by atoms with Crippen molar-refractivity contribution in [2.75, 3.05) is 12.4 Å². The van der Waals surface area contributed by atoms with E-state index in [2.05, 4.69) is 10.3 Å². The number of benzene rings is 2. The van der Waals surface area contributed by atoms with Gasteiger partial charge in [-0.25, -0.2) is 4.98 Å². The Labute approximate surface area is 156 Å². The standard InChI is InChI=1S/C21H21N3O3/c1-27-18-7-3-2-6-14(18)12-20(25)22-15-9-10-17-16(13-15)21(26)24-11-5-4-8-19(24)23-17/h2-3,6-7,9-10,13H,4-5,8,11-12H2,1H3,(H,22,25). The lowest BCUT2D eigenvalue weighted by Gasteiger charge is -2.18. The number of hydrogen-bond acceptors (Lipinski definition) is 4. The van der Waals surface area contributed by atoms with Crippen LogP contribution in [0.2, 0.25) is 0 Å². The minimum absolute atomic E-state index is 0.0319. The molecule has 2 aromatic carbocycles. The molecule has 1 aliphatic rings. The van der Waals surface area contributed by atoms with Crippen LogP contribution in [0.5, 0.6) is 5.75 Å². The number of nitrogens with one attached hydrogen (secondary N) is 1. The molecular weight excluding hydrogens is 342 g/mol. The molecule has 0 aliphatic carbocycles. The van der Waals surface area contributed by atoms with E-state index in [0.717, 1.165) is 30.7 Å². The maximum absolute atomic E-state index is 12.8. The highest BCUT2D eigenvalue weighted by Crippen LogP contribution is 2.20. The Morgan fingerprint density at radius 2 is 2.07 bits per heavy atom. The molecule has 0 bridgehead atoms. The molecule has 6 nitrogen and oxygen atoms in total. The maximum atomic E-state index is 12.8.